The lowest BCUT2D eigenvalue weighted by Gasteiger charge is -2.20. The first-order valence-electron chi connectivity index (χ1n) is 9.54. The Hall–Kier alpha value is -4.12. The molecule has 0 unspecified atom stereocenters. The molecule has 0 atom stereocenters. The van der Waals surface area contributed by atoms with E-state index in [0.29, 0.717) is 17.1 Å². The van der Waals surface area contributed by atoms with Crippen LogP contribution >= 0.6 is 0 Å². The molecule has 0 bridgehead atoms. The van der Waals surface area contributed by atoms with E-state index in [0.717, 1.165) is 11.4 Å². The van der Waals surface area contributed by atoms with Crippen molar-refractivity contribution in [2.45, 2.75) is 13.8 Å². The van der Waals surface area contributed by atoms with Crippen molar-refractivity contribution < 1.29 is 19.1 Å². The lowest BCUT2D eigenvalue weighted by Crippen LogP contribution is -2.28. The monoisotopic (exact) mass is 418 g/mol. The number of fused-ring (bicyclic) bond motifs is 1. The summed E-state index contributed by atoms with van der Waals surface area (Å²) in [6.45, 7) is 2.48. The van der Waals surface area contributed by atoms with Crippen molar-refractivity contribution in [3.05, 3.63) is 65.0 Å². The van der Waals surface area contributed by atoms with E-state index >= 15 is 0 Å². The number of rotatable bonds is 5. The molecule has 0 saturated heterocycles. The van der Waals surface area contributed by atoms with Gasteiger partial charge < -0.3 is 19.9 Å². The molecule has 1 heterocycles. The van der Waals surface area contributed by atoms with Crippen LogP contribution in [-0.4, -0.2) is 38.4 Å². The molecule has 3 rings (SSSR count). The lowest BCUT2D eigenvalue weighted by atomic mass is 10.1. The third-order valence-corrected chi connectivity index (χ3v) is 4.98. The van der Waals surface area contributed by atoms with Crippen molar-refractivity contribution in [1.82, 2.24) is 0 Å². The van der Waals surface area contributed by atoms with E-state index in [1.54, 1.807) is 43.0 Å². The van der Waals surface area contributed by atoms with Crippen molar-refractivity contribution >= 4 is 34.7 Å². The molecule has 8 nitrogen and oxygen atoms in total. The van der Waals surface area contributed by atoms with Gasteiger partial charge in [-0.2, -0.15) is 5.26 Å². The normalized spacial score (nSPS) is 12.2. The number of ether oxygens (including phenoxy) is 1. The highest BCUT2D eigenvalue weighted by Gasteiger charge is 2.31. The van der Waals surface area contributed by atoms with E-state index in [1.165, 1.54) is 13.0 Å². The minimum absolute atomic E-state index is 0.111. The fourth-order valence-corrected chi connectivity index (χ4v) is 3.52. The first-order chi connectivity index (χ1) is 14.8. The minimum Gasteiger partial charge on any atom is -0.454 e. The summed E-state index contributed by atoms with van der Waals surface area (Å²) in [7, 11) is 3.53. The van der Waals surface area contributed by atoms with Gasteiger partial charge in [0.2, 0.25) is 11.7 Å². The van der Waals surface area contributed by atoms with Crippen LogP contribution in [0.2, 0.25) is 0 Å². The van der Waals surface area contributed by atoms with Crippen LogP contribution in [0.3, 0.4) is 0 Å². The number of para-hydroxylation sites is 3. The van der Waals surface area contributed by atoms with Crippen molar-refractivity contribution in [1.29, 1.82) is 5.26 Å². The molecule has 0 aromatic heterocycles. The number of aryl methyl sites for hydroxylation is 1. The molecule has 0 spiro atoms. The lowest BCUT2D eigenvalue weighted by molar-refractivity contribution is -0.118. The zero-order valence-electron chi connectivity index (χ0n) is 17.7. The van der Waals surface area contributed by atoms with Crippen LogP contribution in [0.4, 0.5) is 17.1 Å². The second-order valence-electron chi connectivity index (χ2n) is 7.10. The average Bonchev–Trinajstić information content (AvgIpc) is 2.99. The average molecular weight is 418 g/mol. The predicted molar refractivity (Wildman–Crippen MR) is 117 cm³/mol. The maximum absolute atomic E-state index is 12.8. The van der Waals surface area contributed by atoms with Gasteiger partial charge in [-0.15, -0.1) is 0 Å². The highest BCUT2D eigenvalue weighted by atomic mass is 16.5. The third kappa shape index (κ3) is 4.12. The number of hydrogen-bond donors (Lipinski definition) is 1. The Morgan fingerprint density at radius 3 is 2.19 bits per heavy atom. The molecule has 0 aliphatic carbocycles. The summed E-state index contributed by atoms with van der Waals surface area (Å²) in [6.07, 6.45) is 0. The van der Waals surface area contributed by atoms with Gasteiger partial charge in [0.15, 0.2) is 6.61 Å². The second-order valence-corrected chi connectivity index (χ2v) is 7.10. The van der Waals surface area contributed by atoms with Gasteiger partial charge in [0, 0.05) is 21.0 Å². The Morgan fingerprint density at radius 2 is 1.65 bits per heavy atom. The molecule has 0 saturated carbocycles. The molecule has 8 heteroatoms. The van der Waals surface area contributed by atoms with E-state index < -0.39 is 18.4 Å². The maximum atomic E-state index is 12.8. The number of ketones is 1. The highest BCUT2D eigenvalue weighted by molar-refractivity contribution is 6.06. The molecule has 158 valence electrons. The summed E-state index contributed by atoms with van der Waals surface area (Å²) < 4.78 is 5.19. The summed E-state index contributed by atoms with van der Waals surface area (Å²) in [4.78, 5) is 40.4. The van der Waals surface area contributed by atoms with Gasteiger partial charge in [0.25, 0.3) is 0 Å². The van der Waals surface area contributed by atoms with Crippen LogP contribution in [0.5, 0.6) is 0 Å². The number of nitriles is 1. The molecule has 0 radical (unpaired) electrons. The number of carbonyl (C=O) groups excluding carboxylic acids is 3. The highest BCUT2D eigenvalue weighted by Crippen LogP contribution is 2.40. The molecule has 1 aliphatic rings. The summed E-state index contributed by atoms with van der Waals surface area (Å²) >= 11 is 0. The Morgan fingerprint density at radius 1 is 1.03 bits per heavy atom. The SMILES string of the molecule is CC(=O)Nc1c(C)cccc1C(=O)OCC(=O)C(C#N)=C1N(C)c2ccccc2N1C. The third-order valence-electron chi connectivity index (χ3n) is 4.98. The number of benzene rings is 2. The van der Waals surface area contributed by atoms with Crippen molar-refractivity contribution in [3.63, 3.8) is 0 Å². The number of nitrogens with one attached hydrogen (secondary N) is 1. The van der Waals surface area contributed by atoms with Crippen LogP contribution < -0.4 is 15.1 Å². The van der Waals surface area contributed by atoms with Crippen LogP contribution in [0.15, 0.2) is 53.9 Å². The Kier molecular flexibility index (Phi) is 6.07. The molecular weight excluding hydrogens is 396 g/mol. The molecular formula is C23H22N4O4. The number of amides is 1. The summed E-state index contributed by atoms with van der Waals surface area (Å²) in [5, 5.41) is 12.3. The van der Waals surface area contributed by atoms with Gasteiger partial charge in [-0.3, -0.25) is 9.59 Å². The smallest absolute Gasteiger partial charge is 0.340 e. The summed E-state index contributed by atoms with van der Waals surface area (Å²) in [5.74, 6) is -1.30. The standard InChI is InChI=1S/C23H22N4O4/c1-14-8-7-9-16(21(14)25-15(2)28)23(30)31-13-20(29)17(12-24)22-26(3)18-10-5-6-11-19(18)27(22)4/h5-11H,13H2,1-4H3,(H,25,28). The van der Waals surface area contributed by atoms with E-state index in [9.17, 15) is 19.6 Å². The van der Waals surface area contributed by atoms with Crippen molar-refractivity contribution in [2.24, 2.45) is 0 Å². The van der Waals surface area contributed by atoms with Crippen molar-refractivity contribution in [3.8, 4) is 6.07 Å². The molecule has 1 N–H and O–H groups in total. The molecule has 1 amide bonds. The van der Waals surface area contributed by atoms with Gasteiger partial charge in [-0.05, 0) is 30.7 Å². The van der Waals surface area contributed by atoms with E-state index in [2.05, 4.69) is 5.32 Å². The Labute approximate surface area is 180 Å². The van der Waals surface area contributed by atoms with E-state index in [4.69, 9.17) is 4.74 Å². The summed E-state index contributed by atoms with van der Waals surface area (Å²) in [6, 6.07) is 14.4. The first kappa shape index (κ1) is 21.6. The van der Waals surface area contributed by atoms with Crippen molar-refractivity contribution in [2.75, 3.05) is 35.8 Å². The fraction of sp³-hybridized carbons (Fsp3) is 0.217. The number of hydrogen-bond acceptors (Lipinski definition) is 7. The van der Waals surface area contributed by atoms with Gasteiger partial charge in [0.1, 0.15) is 17.5 Å². The van der Waals surface area contributed by atoms with Gasteiger partial charge in [-0.1, -0.05) is 24.3 Å². The maximum Gasteiger partial charge on any atom is 0.340 e. The zero-order valence-corrected chi connectivity index (χ0v) is 17.7. The number of nitrogens with zero attached hydrogens (tertiary/aromatic N) is 3. The zero-order chi connectivity index (χ0) is 22.7. The molecule has 2 aromatic carbocycles. The topological polar surface area (TPSA) is 103 Å². The Bertz CT molecular complexity index is 1120. The second kappa shape index (κ2) is 8.71. The van der Waals surface area contributed by atoms with E-state index in [-0.39, 0.29) is 17.0 Å². The van der Waals surface area contributed by atoms with Gasteiger partial charge in [0.05, 0.1) is 22.6 Å². The first-order valence-corrected chi connectivity index (χ1v) is 9.54. The van der Waals surface area contributed by atoms with Gasteiger partial charge >= 0.3 is 5.97 Å². The molecule has 0 fully saturated rings. The molecule has 2 aromatic rings. The van der Waals surface area contributed by atoms with Crippen LogP contribution in [-0.2, 0) is 14.3 Å². The number of esters is 1. The fourth-order valence-electron chi connectivity index (χ4n) is 3.52. The van der Waals surface area contributed by atoms with E-state index in [1.807, 2.05) is 30.3 Å². The van der Waals surface area contributed by atoms with Gasteiger partial charge in [-0.25, -0.2) is 4.79 Å². The van der Waals surface area contributed by atoms with Crippen LogP contribution in [0.1, 0.15) is 22.8 Å². The number of anilines is 3. The number of Topliss-reactive ketones (excluding diaryl/α,β-unsaturated/α-hetero) is 1. The predicted octanol–water partition coefficient (Wildman–Crippen LogP) is 3.00. The minimum atomic E-state index is -0.764. The Balaban J connectivity index is 1.82. The summed E-state index contributed by atoms with van der Waals surface area (Å²) in [5.41, 5.74) is 2.76. The van der Waals surface area contributed by atoms with Crippen LogP contribution in [0, 0.1) is 18.3 Å². The van der Waals surface area contributed by atoms with Crippen LogP contribution in [0.25, 0.3) is 0 Å². The quantitative estimate of drug-likeness (QED) is 0.452. The molecule has 31 heavy (non-hydrogen) atoms. The molecule has 1 aliphatic heterocycles. The largest absolute Gasteiger partial charge is 0.454 e. The number of carbonyl (C=O) groups is 3.